The van der Waals surface area contributed by atoms with Crippen molar-refractivity contribution in [1.82, 2.24) is 5.32 Å². The Balaban J connectivity index is 1.82. The molecule has 1 fully saturated rings. The van der Waals surface area contributed by atoms with Crippen LogP contribution < -0.4 is 15.1 Å². The van der Waals surface area contributed by atoms with Crippen LogP contribution in [0, 0.1) is 12.8 Å². The number of benzene rings is 2. The third-order valence-electron chi connectivity index (χ3n) is 7.24. The van der Waals surface area contributed by atoms with E-state index in [1.54, 1.807) is 70.3 Å². The third-order valence-corrected chi connectivity index (χ3v) is 7.66. The standard InChI is InChI=1S/C27H27N3O6S/c1-14-11-12-18-16(13-14)26(22(32)30(18)24(34)36-25(2,3)4)19(20(31)35-6)27(28-21(26)37)15-9-7-8-10-17(15)29(5)23(27)33/h7-13,19H,1-6H3,(H,28,37)/t19-,26-,27-/m0/s1. The number of nitrogens with one attached hydrogen (secondary N) is 1. The van der Waals surface area contributed by atoms with Gasteiger partial charge >= 0.3 is 12.1 Å². The summed E-state index contributed by atoms with van der Waals surface area (Å²) >= 11 is 5.82. The largest absolute Gasteiger partial charge is 0.469 e. The third kappa shape index (κ3) is 3.05. The summed E-state index contributed by atoms with van der Waals surface area (Å²) in [7, 11) is 2.80. The number of para-hydroxylation sites is 1. The van der Waals surface area contributed by atoms with Crippen molar-refractivity contribution in [2.24, 2.45) is 5.92 Å². The number of likely N-dealkylation sites (N-methyl/N-ethyl adjacent to an activating group) is 1. The van der Waals surface area contributed by atoms with Crippen LogP contribution >= 0.6 is 12.2 Å². The van der Waals surface area contributed by atoms with E-state index in [0.29, 0.717) is 16.8 Å². The summed E-state index contributed by atoms with van der Waals surface area (Å²) in [5.74, 6) is -3.47. The fraction of sp³-hybridized carbons (Fsp3) is 0.370. The first kappa shape index (κ1) is 24.9. The molecule has 2 aromatic carbocycles. The highest BCUT2D eigenvalue weighted by Crippen LogP contribution is 2.60. The lowest BCUT2D eigenvalue weighted by Gasteiger charge is -2.33. The maximum Gasteiger partial charge on any atom is 0.421 e. The van der Waals surface area contributed by atoms with E-state index >= 15 is 0 Å². The van der Waals surface area contributed by atoms with Crippen LogP contribution in [0.5, 0.6) is 0 Å². The first-order chi connectivity index (χ1) is 17.3. The van der Waals surface area contributed by atoms with Gasteiger partial charge in [-0.1, -0.05) is 48.1 Å². The van der Waals surface area contributed by atoms with E-state index in [1.807, 2.05) is 6.92 Å². The molecule has 0 saturated carbocycles. The highest BCUT2D eigenvalue weighted by molar-refractivity contribution is 7.80. The van der Waals surface area contributed by atoms with Crippen LogP contribution in [0.3, 0.4) is 0 Å². The number of fused-ring (bicyclic) bond motifs is 4. The Hall–Kier alpha value is -3.79. The number of esters is 1. The zero-order valence-corrected chi connectivity index (χ0v) is 22.2. The molecule has 3 heterocycles. The molecular formula is C27H27N3O6S. The van der Waals surface area contributed by atoms with Gasteiger partial charge in [0.2, 0.25) is 0 Å². The van der Waals surface area contributed by atoms with Crippen LogP contribution in [-0.2, 0) is 34.8 Å². The molecule has 192 valence electrons. The van der Waals surface area contributed by atoms with Crippen molar-refractivity contribution < 1.29 is 28.7 Å². The van der Waals surface area contributed by atoms with Crippen LogP contribution in [0.15, 0.2) is 42.5 Å². The molecule has 0 aliphatic carbocycles. The van der Waals surface area contributed by atoms with Crippen molar-refractivity contribution in [2.45, 2.75) is 44.2 Å². The highest BCUT2D eigenvalue weighted by Gasteiger charge is 2.77. The molecule has 37 heavy (non-hydrogen) atoms. The summed E-state index contributed by atoms with van der Waals surface area (Å²) in [4.78, 5) is 57.8. The maximum absolute atomic E-state index is 14.5. The molecule has 1 saturated heterocycles. The molecule has 3 amide bonds. The second-order valence-electron chi connectivity index (χ2n) is 10.5. The Morgan fingerprint density at radius 3 is 2.35 bits per heavy atom. The van der Waals surface area contributed by atoms with Crippen molar-refractivity contribution in [1.29, 1.82) is 0 Å². The molecule has 1 N–H and O–H groups in total. The van der Waals surface area contributed by atoms with E-state index in [4.69, 9.17) is 21.7 Å². The number of imide groups is 1. The minimum absolute atomic E-state index is 0.0377. The smallest absolute Gasteiger partial charge is 0.421 e. The van der Waals surface area contributed by atoms with Crippen molar-refractivity contribution >= 4 is 52.5 Å². The number of nitrogens with zero attached hydrogens (tertiary/aromatic N) is 2. The van der Waals surface area contributed by atoms with Gasteiger partial charge in [0.15, 0.2) is 5.54 Å². The molecule has 0 radical (unpaired) electrons. The molecule has 0 bridgehead atoms. The van der Waals surface area contributed by atoms with Gasteiger partial charge in [-0.3, -0.25) is 14.4 Å². The Bertz CT molecular complexity index is 1420. The minimum atomic E-state index is -1.88. The Morgan fingerprint density at radius 1 is 1.03 bits per heavy atom. The van der Waals surface area contributed by atoms with Crippen molar-refractivity contribution in [3.8, 4) is 0 Å². The zero-order valence-electron chi connectivity index (χ0n) is 21.4. The summed E-state index contributed by atoms with van der Waals surface area (Å²) < 4.78 is 10.8. The van der Waals surface area contributed by atoms with E-state index < -0.39 is 46.3 Å². The second-order valence-corrected chi connectivity index (χ2v) is 11.0. The first-order valence-electron chi connectivity index (χ1n) is 11.8. The quantitative estimate of drug-likeness (QED) is 0.451. The normalized spacial score (nSPS) is 26.0. The summed E-state index contributed by atoms with van der Waals surface area (Å²) in [5, 5.41) is 3.10. The Labute approximate surface area is 219 Å². The molecule has 3 aliphatic heterocycles. The van der Waals surface area contributed by atoms with Gasteiger partial charge in [0.25, 0.3) is 11.8 Å². The molecule has 0 aromatic heterocycles. The number of carbonyl (C=O) groups is 4. The molecular weight excluding hydrogens is 494 g/mol. The predicted octanol–water partition coefficient (Wildman–Crippen LogP) is 3.11. The van der Waals surface area contributed by atoms with Gasteiger partial charge in [0.1, 0.15) is 16.9 Å². The molecule has 2 aromatic rings. The van der Waals surface area contributed by atoms with E-state index in [2.05, 4.69) is 5.32 Å². The molecule has 3 atom stereocenters. The number of rotatable bonds is 1. The summed E-state index contributed by atoms with van der Waals surface area (Å²) in [5.41, 5.74) is -2.05. The summed E-state index contributed by atoms with van der Waals surface area (Å²) in [6.45, 7) is 6.90. The first-order valence-corrected chi connectivity index (χ1v) is 12.2. The lowest BCUT2D eigenvalue weighted by atomic mass is 9.65. The molecule has 0 unspecified atom stereocenters. The number of methoxy groups -OCH3 is 1. The van der Waals surface area contributed by atoms with Crippen LogP contribution in [-0.4, -0.2) is 48.6 Å². The Morgan fingerprint density at radius 2 is 1.70 bits per heavy atom. The SMILES string of the molecule is COC(=O)[C@H]1[C@]2(C(=O)N(C(=O)OC(C)(C)C)c3ccc(C)cc32)C(=S)N[C@]12C(=O)N(C)c1ccccc12. The van der Waals surface area contributed by atoms with Crippen LogP contribution in [0.2, 0.25) is 0 Å². The number of ether oxygens (including phenoxy) is 2. The monoisotopic (exact) mass is 521 g/mol. The predicted molar refractivity (Wildman–Crippen MR) is 139 cm³/mol. The minimum Gasteiger partial charge on any atom is -0.469 e. The number of hydrogen-bond donors (Lipinski definition) is 1. The lowest BCUT2D eigenvalue weighted by molar-refractivity contribution is -0.154. The molecule has 3 aliphatic rings. The van der Waals surface area contributed by atoms with Gasteiger partial charge in [0, 0.05) is 23.9 Å². The van der Waals surface area contributed by atoms with Gasteiger partial charge < -0.3 is 19.7 Å². The van der Waals surface area contributed by atoms with Crippen molar-refractivity contribution in [3.63, 3.8) is 0 Å². The maximum atomic E-state index is 14.5. The fourth-order valence-corrected chi connectivity index (χ4v) is 6.29. The molecule has 9 nitrogen and oxygen atoms in total. The number of anilines is 2. The zero-order chi connectivity index (χ0) is 27.1. The highest BCUT2D eigenvalue weighted by atomic mass is 32.1. The van der Waals surface area contributed by atoms with Gasteiger partial charge in [-0.05, 0) is 39.8 Å². The average molecular weight is 522 g/mol. The second kappa shape index (κ2) is 7.85. The van der Waals surface area contributed by atoms with Gasteiger partial charge in [-0.2, -0.15) is 0 Å². The average Bonchev–Trinajstić information content (AvgIpc) is 3.34. The van der Waals surface area contributed by atoms with Crippen LogP contribution in [0.1, 0.15) is 37.5 Å². The van der Waals surface area contributed by atoms with Crippen molar-refractivity contribution in [3.05, 3.63) is 59.2 Å². The van der Waals surface area contributed by atoms with Crippen LogP contribution in [0.4, 0.5) is 16.2 Å². The van der Waals surface area contributed by atoms with E-state index in [9.17, 15) is 19.2 Å². The number of thiocarbonyl (C=S) groups is 1. The molecule has 2 spiro atoms. The van der Waals surface area contributed by atoms with E-state index in [-0.39, 0.29) is 10.7 Å². The number of aryl methyl sites for hydroxylation is 1. The topological polar surface area (TPSA) is 105 Å². The fourth-order valence-electron chi connectivity index (χ4n) is 5.81. The van der Waals surface area contributed by atoms with E-state index in [0.717, 1.165) is 10.5 Å². The summed E-state index contributed by atoms with van der Waals surface area (Å²) in [6.07, 6.45) is -0.901. The van der Waals surface area contributed by atoms with Crippen molar-refractivity contribution in [2.75, 3.05) is 24.0 Å². The number of carbonyl (C=O) groups excluding carboxylic acids is 4. The Kier molecular flexibility index (Phi) is 5.28. The van der Waals surface area contributed by atoms with Gasteiger partial charge in [-0.15, -0.1) is 0 Å². The number of amides is 3. The molecule has 10 heteroatoms. The number of hydrogen-bond acceptors (Lipinski definition) is 7. The van der Waals surface area contributed by atoms with Gasteiger partial charge in [-0.25, -0.2) is 9.69 Å². The van der Waals surface area contributed by atoms with E-state index in [1.165, 1.54) is 12.0 Å². The molecule has 5 rings (SSSR count). The van der Waals surface area contributed by atoms with Gasteiger partial charge in [0.05, 0.1) is 17.8 Å². The summed E-state index contributed by atoms with van der Waals surface area (Å²) in [6, 6.07) is 12.1. The van der Waals surface area contributed by atoms with Crippen LogP contribution in [0.25, 0.3) is 0 Å². The lowest BCUT2D eigenvalue weighted by Crippen LogP contribution is -2.57.